The van der Waals surface area contributed by atoms with Gasteiger partial charge < -0.3 is 14.2 Å². The van der Waals surface area contributed by atoms with Crippen molar-refractivity contribution < 1.29 is 8.83 Å². The van der Waals surface area contributed by atoms with Crippen LogP contribution in [0.15, 0.2) is 45.6 Å². The average molecular weight is 232 g/mol. The van der Waals surface area contributed by atoms with Crippen molar-refractivity contribution in [1.82, 2.24) is 5.32 Å². The van der Waals surface area contributed by atoms with Crippen LogP contribution in [0.25, 0.3) is 0 Å². The molecule has 1 saturated heterocycles. The van der Waals surface area contributed by atoms with Gasteiger partial charge in [-0.2, -0.15) is 0 Å². The summed E-state index contributed by atoms with van der Waals surface area (Å²) in [7, 11) is 0. The van der Waals surface area contributed by atoms with Crippen LogP contribution in [0.1, 0.15) is 12.8 Å². The molecule has 0 saturated carbocycles. The summed E-state index contributed by atoms with van der Waals surface area (Å²) in [5.41, 5.74) is 0. The molecule has 4 heteroatoms. The highest BCUT2D eigenvalue weighted by Crippen LogP contribution is 2.31. The van der Waals surface area contributed by atoms with Gasteiger partial charge in [0.05, 0.1) is 12.5 Å². The van der Waals surface area contributed by atoms with Crippen LogP contribution in [-0.2, 0) is 0 Å². The molecule has 0 aromatic carbocycles. The molecule has 3 rings (SSSR count). The summed E-state index contributed by atoms with van der Waals surface area (Å²) in [6, 6.07) is 8.21. The van der Waals surface area contributed by atoms with Gasteiger partial charge in [0.2, 0.25) is 11.8 Å². The van der Waals surface area contributed by atoms with Crippen molar-refractivity contribution in [3.8, 4) is 0 Å². The van der Waals surface area contributed by atoms with Crippen LogP contribution in [0.3, 0.4) is 0 Å². The molecule has 1 aliphatic heterocycles. The van der Waals surface area contributed by atoms with Gasteiger partial charge in [-0.15, -0.1) is 0 Å². The normalized spacial score (nSPS) is 17.2. The molecule has 0 bridgehead atoms. The molecule has 0 unspecified atom stereocenters. The molecule has 0 spiro atoms. The molecule has 1 aliphatic rings. The maximum atomic E-state index is 5.52. The summed E-state index contributed by atoms with van der Waals surface area (Å²) in [6.45, 7) is 2.09. The van der Waals surface area contributed by atoms with Crippen LogP contribution in [-0.4, -0.2) is 19.1 Å². The summed E-state index contributed by atoms with van der Waals surface area (Å²) in [6.07, 6.45) is 5.60. The number of hydrogen-bond donors (Lipinski definition) is 1. The zero-order valence-corrected chi connectivity index (χ0v) is 9.63. The van der Waals surface area contributed by atoms with Gasteiger partial charge in [-0.3, -0.25) is 4.90 Å². The van der Waals surface area contributed by atoms with Gasteiger partial charge in [0.25, 0.3) is 0 Å². The van der Waals surface area contributed by atoms with Gasteiger partial charge >= 0.3 is 0 Å². The first-order valence-electron chi connectivity index (χ1n) is 6.02. The van der Waals surface area contributed by atoms with Crippen molar-refractivity contribution in [3.63, 3.8) is 0 Å². The lowest BCUT2D eigenvalue weighted by Crippen LogP contribution is -2.40. The predicted octanol–water partition coefficient (Wildman–Crippen LogP) is 2.76. The summed E-state index contributed by atoms with van der Waals surface area (Å²) in [5.74, 6) is 1.71. The highest BCUT2D eigenvalue weighted by molar-refractivity contribution is 5.53. The topological polar surface area (TPSA) is 41.6 Å². The lowest BCUT2D eigenvalue weighted by atomic mass is 10.1. The largest absolute Gasteiger partial charge is 0.448 e. The Morgan fingerprint density at radius 2 is 1.59 bits per heavy atom. The van der Waals surface area contributed by atoms with E-state index in [4.69, 9.17) is 8.83 Å². The van der Waals surface area contributed by atoms with Gasteiger partial charge in [0.15, 0.2) is 0 Å². The van der Waals surface area contributed by atoms with E-state index in [2.05, 4.69) is 10.2 Å². The minimum Gasteiger partial charge on any atom is -0.448 e. The van der Waals surface area contributed by atoms with Gasteiger partial charge in [0, 0.05) is 18.2 Å². The standard InChI is InChI=1S/C13H16N2O2/c1-3-12(16-9-1)15(13-4-2-10-17-13)11-5-7-14-8-6-11/h1-4,9-11,14H,5-8H2. The SMILES string of the molecule is c1coc(N(c2ccco2)C2CCNCC2)c1. The Morgan fingerprint density at radius 1 is 1.00 bits per heavy atom. The third-order valence-electron chi connectivity index (χ3n) is 3.16. The maximum Gasteiger partial charge on any atom is 0.202 e. The number of nitrogens with one attached hydrogen (secondary N) is 1. The molecule has 0 atom stereocenters. The molecule has 0 amide bonds. The van der Waals surface area contributed by atoms with Gasteiger partial charge in [0.1, 0.15) is 0 Å². The van der Waals surface area contributed by atoms with E-state index in [-0.39, 0.29) is 0 Å². The Bertz CT molecular complexity index is 396. The Hall–Kier alpha value is -1.68. The Balaban J connectivity index is 1.91. The monoisotopic (exact) mass is 232 g/mol. The molecule has 1 N–H and O–H groups in total. The zero-order valence-electron chi connectivity index (χ0n) is 9.63. The Labute approximate surface area is 100 Å². The summed E-state index contributed by atoms with van der Waals surface area (Å²) >= 11 is 0. The number of piperidine rings is 1. The van der Waals surface area contributed by atoms with Crippen LogP contribution in [0.2, 0.25) is 0 Å². The summed E-state index contributed by atoms with van der Waals surface area (Å²) in [4.78, 5) is 2.15. The van der Waals surface area contributed by atoms with E-state index in [1.54, 1.807) is 12.5 Å². The second kappa shape index (κ2) is 4.67. The molecule has 2 aromatic rings. The smallest absolute Gasteiger partial charge is 0.202 e. The van der Waals surface area contributed by atoms with Crippen LogP contribution < -0.4 is 10.2 Å². The quantitative estimate of drug-likeness (QED) is 0.883. The van der Waals surface area contributed by atoms with Crippen LogP contribution in [0.5, 0.6) is 0 Å². The molecule has 2 aromatic heterocycles. The van der Waals surface area contributed by atoms with E-state index in [1.165, 1.54) is 0 Å². The highest BCUT2D eigenvalue weighted by atomic mass is 16.4. The first-order chi connectivity index (χ1) is 8.45. The van der Waals surface area contributed by atoms with Crippen molar-refractivity contribution in [3.05, 3.63) is 36.8 Å². The minimum atomic E-state index is 0.438. The van der Waals surface area contributed by atoms with E-state index >= 15 is 0 Å². The van der Waals surface area contributed by atoms with E-state index in [0.717, 1.165) is 37.7 Å². The van der Waals surface area contributed by atoms with E-state index in [1.807, 2.05) is 24.3 Å². The second-order valence-corrected chi connectivity index (χ2v) is 4.25. The number of nitrogens with zero attached hydrogens (tertiary/aromatic N) is 1. The minimum absolute atomic E-state index is 0.438. The van der Waals surface area contributed by atoms with Crippen molar-refractivity contribution in [2.75, 3.05) is 18.0 Å². The fraction of sp³-hybridized carbons (Fsp3) is 0.385. The first-order valence-corrected chi connectivity index (χ1v) is 6.02. The fourth-order valence-electron chi connectivity index (χ4n) is 2.35. The van der Waals surface area contributed by atoms with Crippen LogP contribution in [0, 0.1) is 0 Å². The van der Waals surface area contributed by atoms with Crippen LogP contribution in [0.4, 0.5) is 11.8 Å². The second-order valence-electron chi connectivity index (χ2n) is 4.25. The summed E-state index contributed by atoms with van der Waals surface area (Å²) in [5, 5.41) is 3.37. The predicted molar refractivity (Wildman–Crippen MR) is 65.4 cm³/mol. The van der Waals surface area contributed by atoms with Crippen molar-refractivity contribution in [2.24, 2.45) is 0 Å². The lowest BCUT2D eigenvalue weighted by Gasteiger charge is -2.32. The van der Waals surface area contributed by atoms with Gasteiger partial charge in [-0.25, -0.2) is 0 Å². The van der Waals surface area contributed by atoms with Gasteiger partial charge in [-0.1, -0.05) is 0 Å². The summed E-state index contributed by atoms with van der Waals surface area (Å²) < 4.78 is 11.0. The maximum absolute atomic E-state index is 5.52. The molecule has 3 heterocycles. The number of furan rings is 2. The molecule has 0 aliphatic carbocycles. The third-order valence-corrected chi connectivity index (χ3v) is 3.16. The van der Waals surface area contributed by atoms with Crippen molar-refractivity contribution >= 4 is 11.8 Å². The first kappa shape index (κ1) is 10.5. The van der Waals surface area contributed by atoms with Crippen molar-refractivity contribution in [2.45, 2.75) is 18.9 Å². The highest BCUT2D eigenvalue weighted by Gasteiger charge is 2.26. The van der Waals surface area contributed by atoms with E-state index < -0.39 is 0 Å². The lowest BCUT2D eigenvalue weighted by molar-refractivity contribution is 0.413. The molecule has 90 valence electrons. The number of hydrogen-bond acceptors (Lipinski definition) is 4. The number of anilines is 2. The molecule has 17 heavy (non-hydrogen) atoms. The molecular weight excluding hydrogens is 216 g/mol. The van der Waals surface area contributed by atoms with Gasteiger partial charge in [-0.05, 0) is 38.1 Å². The van der Waals surface area contributed by atoms with Crippen molar-refractivity contribution in [1.29, 1.82) is 0 Å². The molecule has 4 nitrogen and oxygen atoms in total. The van der Waals surface area contributed by atoms with E-state index in [0.29, 0.717) is 6.04 Å². The number of rotatable bonds is 3. The Kier molecular flexibility index (Phi) is 2.88. The van der Waals surface area contributed by atoms with E-state index in [9.17, 15) is 0 Å². The fourth-order valence-corrected chi connectivity index (χ4v) is 2.35. The third kappa shape index (κ3) is 2.08. The molecular formula is C13H16N2O2. The average Bonchev–Trinajstić information content (AvgIpc) is 3.04. The zero-order chi connectivity index (χ0) is 11.5. The molecule has 1 fully saturated rings. The Morgan fingerprint density at radius 3 is 2.06 bits per heavy atom. The van der Waals surface area contributed by atoms with Crippen LogP contribution >= 0.6 is 0 Å². The molecule has 0 radical (unpaired) electrons.